The van der Waals surface area contributed by atoms with Crippen LogP contribution in [0.15, 0.2) is 12.1 Å². The summed E-state index contributed by atoms with van der Waals surface area (Å²) in [7, 11) is 0. The normalized spacial score (nSPS) is 17.0. The first-order valence-electron chi connectivity index (χ1n) is 7.46. The van der Waals surface area contributed by atoms with Crippen molar-refractivity contribution in [2.24, 2.45) is 0 Å². The maximum absolute atomic E-state index is 10.6. The van der Waals surface area contributed by atoms with Gasteiger partial charge in [0.1, 0.15) is 0 Å². The number of nitrogens with zero attached hydrogens (tertiary/aromatic N) is 1. The molecule has 1 aromatic heterocycles. The molecule has 0 unspecified atom stereocenters. The summed E-state index contributed by atoms with van der Waals surface area (Å²) in [5, 5.41) is 12.2. The third-order valence-corrected chi connectivity index (χ3v) is 4.73. The van der Waals surface area contributed by atoms with Crippen LogP contribution in [0.25, 0.3) is 0 Å². The number of hydrogen-bond donors (Lipinski definition) is 2. The molecule has 0 bridgehead atoms. The van der Waals surface area contributed by atoms with Crippen molar-refractivity contribution in [3.8, 4) is 0 Å². The number of nitrogens with one attached hydrogen (secondary N) is 1. The molecule has 1 aliphatic rings. The highest BCUT2D eigenvalue weighted by atomic mass is 32.1. The van der Waals surface area contributed by atoms with E-state index in [0.717, 1.165) is 24.5 Å². The summed E-state index contributed by atoms with van der Waals surface area (Å²) in [6.07, 6.45) is 5.57. The van der Waals surface area contributed by atoms with Crippen LogP contribution >= 0.6 is 11.3 Å². The van der Waals surface area contributed by atoms with Gasteiger partial charge in [0.25, 0.3) is 0 Å². The van der Waals surface area contributed by atoms with Crippen LogP contribution in [0.2, 0.25) is 0 Å². The van der Waals surface area contributed by atoms with E-state index in [4.69, 9.17) is 5.11 Å². The average molecular weight is 296 g/mol. The fraction of sp³-hybridized carbons (Fsp3) is 0.667. The van der Waals surface area contributed by atoms with Crippen molar-refractivity contribution in [2.45, 2.75) is 38.6 Å². The number of thiophene rings is 1. The van der Waals surface area contributed by atoms with Gasteiger partial charge in [-0.05, 0) is 38.1 Å². The lowest BCUT2D eigenvalue weighted by molar-refractivity contribution is -0.136. The zero-order valence-electron chi connectivity index (χ0n) is 11.9. The predicted molar refractivity (Wildman–Crippen MR) is 82.3 cm³/mol. The van der Waals surface area contributed by atoms with E-state index in [1.165, 1.54) is 43.6 Å². The molecule has 2 rings (SSSR count). The molecule has 1 fully saturated rings. The molecule has 0 aliphatic carbocycles. The highest BCUT2D eigenvalue weighted by molar-refractivity contribution is 7.12. The lowest BCUT2D eigenvalue weighted by atomic mass is 10.2. The second-order valence-electron chi connectivity index (χ2n) is 5.37. The first kappa shape index (κ1) is 15.5. The fourth-order valence-electron chi connectivity index (χ4n) is 2.57. The van der Waals surface area contributed by atoms with Gasteiger partial charge < -0.3 is 15.3 Å². The van der Waals surface area contributed by atoms with Gasteiger partial charge >= 0.3 is 5.97 Å². The molecular formula is C15H24N2O2S. The number of hydrogen-bond acceptors (Lipinski definition) is 4. The van der Waals surface area contributed by atoms with Gasteiger partial charge in [-0.1, -0.05) is 12.8 Å². The van der Waals surface area contributed by atoms with Crippen molar-refractivity contribution in [3.63, 3.8) is 0 Å². The van der Waals surface area contributed by atoms with Gasteiger partial charge in [-0.2, -0.15) is 0 Å². The van der Waals surface area contributed by atoms with Crippen LogP contribution < -0.4 is 5.32 Å². The molecule has 0 spiro atoms. The Hall–Kier alpha value is -0.910. The second kappa shape index (κ2) is 8.39. The van der Waals surface area contributed by atoms with Crippen LogP contribution in [0.1, 0.15) is 35.4 Å². The molecule has 0 aromatic carbocycles. The maximum Gasteiger partial charge on any atom is 0.308 e. The summed E-state index contributed by atoms with van der Waals surface area (Å²) in [6, 6.07) is 3.95. The van der Waals surface area contributed by atoms with Gasteiger partial charge in [-0.15, -0.1) is 11.3 Å². The highest BCUT2D eigenvalue weighted by Crippen LogP contribution is 2.16. The Kier molecular flexibility index (Phi) is 6.50. The summed E-state index contributed by atoms with van der Waals surface area (Å²) in [4.78, 5) is 15.3. The number of carbonyl (C=O) groups is 1. The van der Waals surface area contributed by atoms with E-state index >= 15 is 0 Å². The Morgan fingerprint density at radius 3 is 2.60 bits per heavy atom. The van der Waals surface area contributed by atoms with Gasteiger partial charge in [-0.25, -0.2) is 0 Å². The molecule has 1 aromatic rings. The molecule has 0 atom stereocenters. The van der Waals surface area contributed by atoms with E-state index in [2.05, 4.69) is 10.2 Å². The van der Waals surface area contributed by atoms with E-state index in [1.54, 1.807) is 11.3 Å². The molecule has 1 aliphatic heterocycles. The van der Waals surface area contributed by atoms with Crippen LogP contribution in [0.3, 0.4) is 0 Å². The minimum absolute atomic E-state index is 0.137. The number of carboxylic acids is 1. The number of aliphatic carboxylic acids is 1. The van der Waals surface area contributed by atoms with E-state index < -0.39 is 5.97 Å². The molecule has 20 heavy (non-hydrogen) atoms. The maximum atomic E-state index is 10.6. The second-order valence-corrected chi connectivity index (χ2v) is 6.62. The zero-order valence-corrected chi connectivity index (χ0v) is 12.8. The molecular weight excluding hydrogens is 272 g/mol. The molecule has 2 N–H and O–H groups in total. The van der Waals surface area contributed by atoms with Crippen molar-refractivity contribution >= 4 is 17.3 Å². The Morgan fingerprint density at radius 1 is 1.20 bits per heavy atom. The topological polar surface area (TPSA) is 52.6 Å². The molecule has 112 valence electrons. The molecule has 0 saturated carbocycles. The van der Waals surface area contributed by atoms with Crippen LogP contribution in [0.5, 0.6) is 0 Å². The fourth-order valence-corrected chi connectivity index (χ4v) is 3.55. The Labute approximate surface area is 124 Å². The largest absolute Gasteiger partial charge is 0.481 e. The van der Waals surface area contributed by atoms with E-state index in [0.29, 0.717) is 0 Å². The molecule has 0 radical (unpaired) electrons. The third-order valence-electron chi connectivity index (χ3n) is 3.65. The third kappa shape index (κ3) is 5.61. The SMILES string of the molecule is O=C(O)Cc1ccc(CNCCN2CCCCCC2)s1. The standard InChI is InChI=1S/C15H24N2O2S/c18-15(19)11-13-5-6-14(20-13)12-16-7-10-17-8-3-1-2-4-9-17/h5-6,16H,1-4,7-12H2,(H,18,19). The summed E-state index contributed by atoms with van der Waals surface area (Å²) < 4.78 is 0. The first-order chi connectivity index (χ1) is 9.74. The van der Waals surface area contributed by atoms with Crippen LogP contribution in [-0.2, 0) is 17.8 Å². The monoisotopic (exact) mass is 296 g/mol. The Bertz CT molecular complexity index is 412. The molecule has 1 saturated heterocycles. The highest BCUT2D eigenvalue weighted by Gasteiger charge is 2.08. The van der Waals surface area contributed by atoms with Gasteiger partial charge in [-0.3, -0.25) is 4.79 Å². The summed E-state index contributed by atoms with van der Waals surface area (Å²) in [5.74, 6) is -0.757. The Balaban J connectivity index is 1.62. The van der Waals surface area contributed by atoms with Crippen molar-refractivity contribution in [1.82, 2.24) is 10.2 Å². The lowest BCUT2D eigenvalue weighted by Gasteiger charge is -2.19. The quantitative estimate of drug-likeness (QED) is 0.758. The Morgan fingerprint density at radius 2 is 1.90 bits per heavy atom. The minimum Gasteiger partial charge on any atom is -0.481 e. The van der Waals surface area contributed by atoms with Crippen molar-refractivity contribution in [3.05, 3.63) is 21.9 Å². The number of rotatable bonds is 7. The van der Waals surface area contributed by atoms with E-state index in [9.17, 15) is 4.79 Å². The average Bonchev–Trinajstić information content (AvgIpc) is 2.69. The molecule has 5 heteroatoms. The van der Waals surface area contributed by atoms with E-state index in [-0.39, 0.29) is 6.42 Å². The van der Waals surface area contributed by atoms with Gasteiger partial charge in [0, 0.05) is 29.4 Å². The van der Waals surface area contributed by atoms with Crippen molar-refractivity contribution < 1.29 is 9.90 Å². The van der Waals surface area contributed by atoms with Gasteiger partial charge in [0.05, 0.1) is 6.42 Å². The van der Waals surface area contributed by atoms with Gasteiger partial charge in [0.2, 0.25) is 0 Å². The summed E-state index contributed by atoms with van der Waals surface area (Å²) in [6.45, 7) is 5.45. The summed E-state index contributed by atoms with van der Waals surface area (Å²) in [5.41, 5.74) is 0. The summed E-state index contributed by atoms with van der Waals surface area (Å²) >= 11 is 1.59. The molecule has 0 amide bonds. The smallest absolute Gasteiger partial charge is 0.308 e. The predicted octanol–water partition coefficient (Wildman–Crippen LogP) is 2.34. The molecule has 2 heterocycles. The first-order valence-corrected chi connectivity index (χ1v) is 8.28. The number of carboxylic acid groups (broad SMARTS) is 1. The van der Waals surface area contributed by atoms with E-state index in [1.807, 2.05) is 12.1 Å². The van der Waals surface area contributed by atoms with Crippen LogP contribution in [0, 0.1) is 0 Å². The molecule has 4 nitrogen and oxygen atoms in total. The number of likely N-dealkylation sites (tertiary alicyclic amines) is 1. The minimum atomic E-state index is -0.757. The van der Waals surface area contributed by atoms with Crippen LogP contribution in [0.4, 0.5) is 0 Å². The van der Waals surface area contributed by atoms with Crippen LogP contribution in [-0.4, -0.2) is 42.2 Å². The zero-order chi connectivity index (χ0) is 14.2. The van der Waals surface area contributed by atoms with Crippen molar-refractivity contribution in [1.29, 1.82) is 0 Å². The van der Waals surface area contributed by atoms with Crippen molar-refractivity contribution in [2.75, 3.05) is 26.2 Å². The lowest BCUT2D eigenvalue weighted by Crippen LogP contribution is -2.32. The van der Waals surface area contributed by atoms with Gasteiger partial charge in [0.15, 0.2) is 0 Å².